The maximum absolute atomic E-state index is 5.94. The summed E-state index contributed by atoms with van der Waals surface area (Å²) in [6.45, 7) is 2.02. The molecule has 0 saturated heterocycles. The van der Waals surface area contributed by atoms with E-state index in [1.165, 1.54) is 0 Å². The highest BCUT2D eigenvalue weighted by molar-refractivity contribution is 6.29. The van der Waals surface area contributed by atoms with Crippen molar-refractivity contribution in [1.82, 2.24) is 15.0 Å². The Balaban J connectivity index is 2.41. The highest BCUT2D eigenvalue weighted by atomic mass is 35.5. The molecule has 2 rings (SSSR count). The molecule has 88 valence electrons. The van der Waals surface area contributed by atoms with E-state index in [1.54, 1.807) is 25.4 Å². The van der Waals surface area contributed by atoms with Gasteiger partial charge in [0.15, 0.2) is 5.82 Å². The first-order valence-corrected chi connectivity index (χ1v) is 5.64. The number of rotatable bonds is 3. The molecule has 0 aromatic carbocycles. The van der Waals surface area contributed by atoms with E-state index in [2.05, 4.69) is 15.0 Å². The van der Waals surface area contributed by atoms with Crippen LogP contribution in [0.4, 0.5) is 0 Å². The molecule has 0 amide bonds. The summed E-state index contributed by atoms with van der Waals surface area (Å²) in [5.41, 5.74) is 1.74. The maximum Gasteiger partial charge on any atom is 0.212 e. The molecule has 0 unspecified atom stereocenters. The highest BCUT2D eigenvalue weighted by Gasteiger charge is 2.05. The lowest BCUT2D eigenvalue weighted by Gasteiger charge is -2.04. The van der Waals surface area contributed by atoms with Crippen LogP contribution in [0.3, 0.4) is 0 Å². The Labute approximate surface area is 105 Å². The second kappa shape index (κ2) is 5.10. The number of aryl methyl sites for hydroxylation is 1. The number of halogens is 1. The van der Waals surface area contributed by atoms with Gasteiger partial charge in [-0.3, -0.25) is 0 Å². The minimum absolute atomic E-state index is 0.447. The fourth-order valence-corrected chi connectivity index (χ4v) is 1.61. The van der Waals surface area contributed by atoms with E-state index in [0.717, 1.165) is 17.7 Å². The molecule has 0 aliphatic carbocycles. The van der Waals surface area contributed by atoms with Gasteiger partial charge in [0.25, 0.3) is 0 Å². The number of nitrogens with zero attached hydrogens (tertiary/aromatic N) is 3. The number of aromatic nitrogens is 3. The number of ether oxygens (including phenoxy) is 1. The fraction of sp³-hybridized carbons (Fsp3) is 0.250. The molecule has 0 aliphatic rings. The van der Waals surface area contributed by atoms with E-state index < -0.39 is 0 Å². The van der Waals surface area contributed by atoms with Crippen LogP contribution in [0.25, 0.3) is 11.4 Å². The van der Waals surface area contributed by atoms with E-state index in [-0.39, 0.29) is 0 Å². The van der Waals surface area contributed by atoms with Crippen molar-refractivity contribution in [3.8, 4) is 17.3 Å². The summed E-state index contributed by atoms with van der Waals surface area (Å²) in [5.74, 6) is 1.15. The molecule has 0 saturated carbocycles. The van der Waals surface area contributed by atoms with Crippen LogP contribution >= 0.6 is 11.6 Å². The molecule has 0 N–H and O–H groups in total. The van der Waals surface area contributed by atoms with Gasteiger partial charge in [0.2, 0.25) is 5.88 Å². The molecular weight excluding hydrogens is 238 g/mol. The Morgan fingerprint density at radius 3 is 2.71 bits per heavy atom. The third-order valence-corrected chi connectivity index (χ3v) is 2.51. The average molecular weight is 250 g/mol. The summed E-state index contributed by atoms with van der Waals surface area (Å²) in [6.07, 6.45) is 2.49. The first kappa shape index (κ1) is 11.8. The summed E-state index contributed by atoms with van der Waals surface area (Å²) in [4.78, 5) is 12.7. The Kier molecular flexibility index (Phi) is 3.54. The van der Waals surface area contributed by atoms with Crippen molar-refractivity contribution in [3.05, 3.63) is 35.2 Å². The molecule has 0 spiro atoms. The number of pyridine rings is 1. The zero-order chi connectivity index (χ0) is 12.3. The van der Waals surface area contributed by atoms with Crippen molar-refractivity contribution in [2.45, 2.75) is 13.3 Å². The van der Waals surface area contributed by atoms with Crippen LogP contribution in [0.15, 0.2) is 24.4 Å². The van der Waals surface area contributed by atoms with Gasteiger partial charge in [0, 0.05) is 23.5 Å². The molecule has 2 heterocycles. The Bertz CT molecular complexity index is 514. The summed E-state index contributed by atoms with van der Waals surface area (Å²) in [6, 6.07) is 5.39. The van der Waals surface area contributed by atoms with E-state index in [9.17, 15) is 0 Å². The number of hydrogen-bond donors (Lipinski definition) is 0. The van der Waals surface area contributed by atoms with Gasteiger partial charge >= 0.3 is 0 Å². The van der Waals surface area contributed by atoms with Crippen molar-refractivity contribution in [1.29, 1.82) is 0 Å². The van der Waals surface area contributed by atoms with Gasteiger partial charge in [0.05, 0.1) is 7.11 Å². The van der Waals surface area contributed by atoms with Gasteiger partial charge in [-0.1, -0.05) is 18.5 Å². The lowest BCUT2D eigenvalue weighted by atomic mass is 10.2. The molecule has 4 nitrogen and oxygen atoms in total. The van der Waals surface area contributed by atoms with Gasteiger partial charge in [-0.2, -0.15) is 0 Å². The van der Waals surface area contributed by atoms with Gasteiger partial charge < -0.3 is 4.74 Å². The van der Waals surface area contributed by atoms with Crippen LogP contribution in [0, 0.1) is 0 Å². The zero-order valence-corrected chi connectivity index (χ0v) is 10.4. The number of methoxy groups -OCH3 is 1. The van der Waals surface area contributed by atoms with E-state index in [1.807, 2.05) is 13.0 Å². The largest absolute Gasteiger partial charge is 0.481 e. The molecule has 0 atom stereocenters. The third-order valence-electron chi connectivity index (χ3n) is 2.31. The predicted octanol–water partition coefficient (Wildman–Crippen LogP) is 2.76. The van der Waals surface area contributed by atoms with Crippen molar-refractivity contribution < 1.29 is 4.74 Å². The lowest BCUT2D eigenvalue weighted by Crippen LogP contribution is -1.96. The first-order chi connectivity index (χ1) is 8.22. The second-order valence-corrected chi connectivity index (χ2v) is 3.84. The maximum atomic E-state index is 5.94. The SMILES string of the molecule is CCc1cc(Cl)nc(-c2ccc(OC)nc2)n1. The van der Waals surface area contributed by atoms with E-state index in [4.69, 9.17) is 16.3 Å². The average Bonchev–Trinajstić information content (AvgIpc) is 2.38. The second-order valence-electron chi connectivity index (χ2n) is 3.45. The highest BCUT2D eigenvalue weighted by Crippen LogP contribution is 2.19. The number of hydrogen-bond acceptors (Lipinski definition) is 4. The smallest absolute Gasteiger partial charge is 0.212 e. The van der Waals surface area contributed by atoms with Crippen LogP contribution in [0.2, 0.25) is 5.15 Å². The normalized spacial score (nSPS) is 10.3. The van der Waals surface area contributed by atoms with Crippen LogP contribution in [0.5, 0.6) is 5.88 Å². The Morgan fingerprint density at radius 1 is 1.29 bits per heavy atom. The standard InChI is InChI=1S/C12H12ClN3O/c1-3-9-6-10(13)16-12(15-9)8-4-5-11(17-2)14-7-8/h4-7H,3H2,1-2H3. The molecule has 0 radical (unpaired) electrons. The summed E-state index contributed by atoms with van der Waals surface area (Å²) in [7, 11) is 1.58. The first-order valence-electron chi connectivity index (χ1n) is 5.26. The van der Waals surface area contributed by atoms with Gasteiger partial charge in [-0.05, 0) is 18.6 Å². The van der Waals surface area contributed by atoms with Crippen LogP contribution in [-0.4, -0.2) is 22.1 Å². The zero-order valence-electron chi connectivity index (χ0n) is 9.64. The Hall–Kier alpha value is -1.68. The van der Waals surface area contributed by atoms with Crippen molar-refractivity contribution >= 4 is 11.6 Å². The molecular formula is C12H12ClN3O. The van der Waals surface area contributed by atoms with Crippen LogP contribution in [0.1, 0.15) is 12.6 Å². The molecule has 17 heavy (non-hydrogen) atoms. The van der Waals surface area contributed by atoms with Gasteiger partial charge in [0.1, 0.15) is 5.15 Å². The van der Waals surface area contributed by atoms with Gasteiger partial charge in [-0.25, -0.2) is 15.0 Å². The molecule has 2 aromatic rings. The third kappa shape index (κ3) is 2.71. The van der Waals surface area contributed by atoms with E-state index >= 15 is 0 Å². The van der Waals surface area contributed by atoms with Crippen LogP contribution < -0.4 is 4.74 Å². The summed E-state index contributed by atoms with van der Waals surface area (Å²) >= 11 is 5.94. The minimum atomic E-state index is 0.447. The monoisotopic (exact) mass is 249 g/mol. The van der Waals surface area contributed by atoms with E-state index in [0.29, 0.717) is 16.9 Å². The van der Waals surface area contributed by atoms with Crippen LogP contribution in [-0.2, 0) is 6.42 Å². The predicted molar refractivity (Wildman–Crippen MR) is 66.2 cm³/mol. The van der Waals surface area contributed by atoms with Crippen molar-refractivity contribution in [2.24, 2.45) is 0 Å². The minimum Gasteiger partial charge on any atom is -0.481 e. The molecule has 5 heteroatoms. The molecule has 0 aliphatic heterocycles. The lowest BCUT2D eigenvalue weighted by molar-refractivity contribution is 0.398. The molecule has 0 fully saturated rings. The van der Waals surface area contributed by atoms with Crippen molar-refractivity contribution in [2.75, 3.05) is 7.11 Å². The van der Waals surface area contributed by atoms with Crippen molar-refractivity contribution in [3.63, 3.8) is 0 Å². The molecule has 0 bridgehead atoms. The molecule has 2 aromatic heterocycles. The summed E-state index contributed by atoms with van der Waals surface area (Å²) < 4.78 is 5.00. The Morgan fingerprint density at radius 2 is 2.12 bits per heavy atom. The van der Waals surface area contributed by atoms with Gasteiger partial charge in [-0.15, -0.1) is 0 Å². The summed E-state index contributed by atoms with van der Waals surface area (Å²) in [5, 5.41) is 0.447. The topological polar surface area (TPSA) is 47.9 Å². The fourth-order valence-electron chi connectivity index (χ4n) is 1.41. The quantitative estimate of drug-likeness (QED) is 0.785.